The van der Waals surface area contributed by atoms with E-state index in [9.17, 15) is 4.79 Å². The second-order valence-corrected chi connectivity index (χ2v) is 4.97. The van der Waals surface area contributed by atoms with E-state index in [4.69, 9.17) is 16.3 Å². The zero-order chi connectivity index (χ0) is 14.3. The number of ether oxygens (including phenoxy) is 1. The van der Waals surface area contributed by atoms with Crippen molar-refractivity contribution in [3.05, 3.63) is 28.8 Å². The second kappa shape index (κ2) is 8.02. The molecule has 0 saturated carbocycles. The van der Waals surface area contributed by atoms with E-state index in [1.54, 1.807) is 12.1 Å². The largest absolute Gasteiger partial charge is 0.379 e. The average Bonchev–Trinajstić information content (AvgIpc) is 2.34. The SMILES string of the molecule is Cc1c(Cl)cccc1NC(=O)NCCCOC(C)C. The Morgan fingerprint density at radius 1 is 1.42 bits per heavy atom. The number of nitrogens with one attached hydrogen (secondary N) is 2. The summed E-state index contributed by atoms with van der Waals surface area (Å²) < 4.78 is 5.39. The van der Waals surface area contributed by atoms with Gasteiger partial charge in [0.15, 0.2) is 0 Å². The van der Waals surface area contributed by atoms with Crippen LogP contribution in [0.1, 0.15) is 25.8 Å². The van der Waals surface area contributed by atoms with Crippen LogP contribution < -0.4 is 10.6 Å². The second-order valence-electron chi connectivity index (χ2n) is 4.57. The molecule has 0 unspecified atom stereocenters. The van der Waals surface area contributed by atoms with Crippen LogP contribution in [-0.4, -0.2) is 25.3 Å². The van der Waals surface area contributed by atoms with Gasteiger partial charge in [0.2, 0.25) is 0 Å². The molecule has 106 valence electrons. The summed E-state index contributed by atoms with van der Waals surface area (Å²) in [5.41, 5.74) is 1.59. The first kappa shape index (κ1) is 15.8. The summed E-state index contributed by atoms with van der Waals surface area (Å²) in [5, 5.41) is 6.20. The van der Waals surface area contributed by atoms with Gasteiger partial charge < -0.3 is 15.4 Å². The summed E-state index contributed by atoms with van der Waals surface area (Å²) in [6, 6.07) is 5.20. The van der Waals surface area contributed by atoms with Crippen molar-refractivity contribution >= 4 is 23.3 Å². The molecule has 0 aliphatic carbocycles. The smallest absolute Gasteiger partial charge is 0.319 e. The van der Waals surface area contributed by atoms with Gasteiger partial charge in [-0.25, -0.2) is 4.79 Å². The normalized spacial score (nSPS) is 10.6. The first-order valence-electron chi connectivity index (χ1n) is 6.42. The van der Waals surface area contributed by atoms with E-state index in [1.807, 2.05) is 26.8 Å². The van der Waals surface area contributed by atoms with E-state index in [2.05, 4.69) is 10.6 Å². The topological polar surface area (TPSA) is 50.4 Å². The molecule has 0 radical (unpaired) electrons. The highest BCUT2D eigenvalue weighted by Crippen LogP contribution is 2.22. The Bertz CT molecular complexity index is 422. The van der Waals surface area contributed by atoms with Crippen LogP contribution in [0.2, 0.25) is 5.02 Å². The van der Waals surface area contributed by atoms with Gasteiger partial charge in [0.05, 0.1) is 6.10 Å². The predicted octanol–water partition coefficient (Wildman–Crippen LogP) is 3.59. The van der Waals surface area contributed by atoms with Crippen LogP contribution in [0.3, 0.4) is 0 Å². The first-order valence-corrected chi connectivity index (χ1v) is 6.80. The number of rotatable bonds is 6. The third kappa shape index (κ3) is 5.94. The standard InChI is InChI=1S/C14H21ClN2O2/c1-10(2)19-9-5-8-16-14(18)17-13-7-4-6-12(15)11(13)3/h4,6-7,10H,5,8-9H2,1-3H3,(H2,16,17,18). The van der Waals surface area contributed by atoms with Gasteiger partial charge in [-0.2, -0.15) is 0 Å². The maximum absolute atomic E-state index is 11.7. The Morgan fingerprint density at radius 2 is 2.16 bits per heavy atom. The molecule has 0 heterocycles. The van der Waals surface area contributed by atoms with Gasteiger partial charge in [-0.3, -0.25) is 0 Å². The average molecular weight is 285 g/mol. The molecule has 0 fully saturated rings. The number of benzene rings is 1. The van der Waals surface area contributed by atoms with E-state index in [1.165, 1.54) is 0 Å². The minimum absolute atomic E-state index is 0.225. The summed E-state index contributed by atoms with van der Waals surface area (Å²) in [6.07, 6.45) is 1.02. The van der Waals surface area contributed by atoms with E-state index < -0.39 is 0 Å². The lowest BCUT2D eigenvalue weighted by Crippen LogP contribution is -2.30. The monoisotopic (exact) mass is 284 g/mol. The van der Waals surface area contributed by atoms with Gasteiger partial charge >= 0.3 is 6.03 Å². The number of amides is 2. The molecule has 0 saturated heterocycles. The van der Waals surface area contributed by atoms with Crippen LogP contribution in [0.25, 0.3) is 0 Å². The molecule has 0 aliphatic heterocycles. The third-order valence-electron chi connectivity index (χ3n) is 2.57. The summed E-state index contributed by atoms with van der Waals surface area (Å²) in [6.45, 7) is 7.07. The third-order valence-corrected chi connectivity index (χ3v) is 2.98. The summed E-state index contributed by atoms with van der Waals surface area (Å²) in [5.74, 6) is 0. The molecular formula is C14H21ClN2O2. The fourth-order valence-electron chi connectivity index (χ4n) is 1.50. The van der Waals surface area contributed by atoms with Crippen molar-refractivity contribution in [1.29, 1.82) is 0 Å². The number of hydrogen-bond donors (Lipinski definition) is 2. The van der Waals surface area contributed by atoms with Crippen LogP contribution >= 0.6 is 11.6 Å². The lowest BCUT2D eigenvalue weighted by atomic mass is 10.2. The molecule has 1 rings (SSSR count). The molecule has 0 aliphatic rings. The highest BCUT2D eigenvalue weighted by Gasteiger charge is 2.05. The Balaban J connectivity index is 2.29. The number of hydrogen-bond acceptors (Lipinski definition) is 2. The lowest BCUT2D eigenvalue weighted by Gasteiger charge is -2.11. The van der Waals surface area contributed by atoms with Gasteiger partial charge in [-0.05, 0) is 44.9 Å². The summed E-state index contributed by atoms with van der Waals surface area (Å²) in [7, 11) is 0. The number of halogens is 1. The van der Waals surface area contributed by atoms with Crippen molar-refractivity contribution in [2.24, 2.45) is 0 Å². The molecule has 0 aromatic heterocycles. The molecule has 0 atom stereocenters. The van der Waals surface area contributed by atoms with Gasteiger partial charge in [0, 0.05) is 23.9 Å². The predicted molar refractivity (Wildman–Crippen MR) is 78.9 cm³/mol. The Hall–Kier alpha value is -1.26. The van der Waals surface area contributed by atoms with Crippen molar-refractivity contribution in [1.82, 2.24) is 5.32 Å². The Labute approximate surface area is 119 Å². The van der Waals surface area contributed by atoms with Gasteiger partial charge in [0.25, 0.3) is 0 Å². The molecule has 0 spiro atoms. The Kier molecular flexibility index (Phi) is 6.67. The fourth-order valence-corrected chi connectivity index (χ4v) is 1.68. The molecule has 1 aromatic carbocycles. The minimum Gasteiger partial charge on any atom is -0.379 e. The first-order chi connectivity index (χ1) is 9.00. The number of urea groups is 1. The van der Waals surface area contributed by atoms with Crippen molar-refractivity contribution in [2.75, 3.05) is 18.5 Å². The zero-order valence-electron chi connectivity index (χ0n) is 11.6. The van der Waals surface area contributed by atoms with Crippen LogP contribution in [0.15, 0.2) is 18.2 Å². The van der Waals surface area contributed by atoms with E-state index in [0.717, 1.165) is 17.7 Å². The Morgan fingerprint density at radius 3 is 2.84 bits per heavy atom. The molecule has 19 heavy (non-hydrogen) atoms. The van der Waals surface area contributed by atoms with Gasteiger partial charge in [0.1, 0.15) is 0 Å². The molecule has 1 aromatic rings. The molecular weight excluding hydrogens is 264 g/mol. The maximum atomic E-state index is 11.7. The van der Waals surface area contributed by atoms with E-state index in [-0.39, 0.29) is 12.1 Å². The van der Waals surface area contributed by atoms with Crippen molar-refractivity contribution in [2.45, 2.75) is 33.3 Å². The fraction of sp³-hybridized carbons (Fsp3) is 0.500. The molecule has 2 amide bonds. The minimum atomic E-state index is -0.227. The highest BCUT2D eigenvalue weighted by atomic mass is 35.5. The highest BCUT2D eigenvalue weighted by molar-refractivity contribution is 6.31. The molecule has 5 heteroatoms. The number of anilines is 1. The van der Waals surface area contributed by atoms with Crippen molar-refractivity contribution < 1.29 is 9.53 Å². The van der Waals surface area contributed by atoms with Crippen LogP contribution in [-0.2, 0) is 4.74 Å². The van der Waals surface area contributed by atoms with Crippen LogP contribution in [0.4, 0.5) is 10.5 Å². The molecule has 2 N–H and O–H groups in total. The van der Waals surface area contributed by atoms with Gasteiger partial charge in [-0.1, -0.05) is 17.7 Å². The van der Waals surface area contributed by atoms with Crippen LogP contribution in [0.5, 0.6) is 0 Å². The summed E-state index contributed by atoms with van der Waals surface area (Å²) >= 11 is 5.98. The maximum Gasteiger partial charge on any atom is 0.319 e. The lowest BCUT2D eigenvalue weighted by molar-refractivity contribution is 0.0775. The zero-order valence-corrected chi connectivity index (χ0v) is 12.4. The number of carbonyl (C=O) groups is 1. The number of carbonyl (C=O) groups excluding carboxylic acids is 1. The quantitative estimate of drug-likeness (QED) is 0.785. The summed E-state index contributed by atoms with van der Waals surface area (Å²) in [4.78, 5) is 11.7. The van der Waals surface area contributed by atoms with Crippen LogP contribution in [0, 0.1) is 6.92 Å². The van der Waals surface area contributed by atoms with Gasteiger partial charge in [-0.15, -0.1) is 0 Å². The van der Waals surface area contributed by atoms with Crippen molar-refractivity contribution in [3.8, 4) is 0 Å². The van der Waals surface area contributed by atoms with E-state index >= 15 is 0 Å². The molecule has 0 bridgehead atoms. The molecule has 4 nitrogen and oxygen atoms in total. The van der Waals surface area contributed by atoms with E-state index in [0.29, 0.717) is 18.2 Å². The van der Waals surface area contributed by atoms with Crippen molar-refractivity contribution in [3.63, 3.8) is 0 Å².